The zero-order chi connectivity index (χ0) is 14.0. The smallest absolute Gasteiger partial charge is 0.251 e. The maximum Gasteiger partial charge on any atom is 0.251 e. The minimum absolute atomic E-state index is 0.750. The number of benzene rings is 1. The van der Waals surface area contributed by atoms with Crippen molar-refractivity contribution >= 4 is 11.8 Å². The van der Waals surface area contributed by atoms with E-state index in [-0.39, 0.29) is 0 Å². The first-order valence-corrected chi connectivity index (χ1v) is 7.36. The van der Waals surface area contributed by atoms with Gasteiger partial charge in [-0.05, 0) is 61.6 Å². The average Bonchev–Trinajstić information content (AvgIpc) is 2.38. The number of thioether (sulfide) groups is 1. The van der Waals surface area contributed by atoms with Gasteiger partial charge in [0.05, 0.1) is 0 Å². The summed E-state index contributed by atoms with van der Waals surface area (Å²) in [5.41, 5.74) is 6.67. The van der Waals surface area contributed by atoms with E-state index in [9.17, 15) is 5.21 Å². The second-order valence-electron chi connectivity index (χ2n) is 4.89. The van der Waals surface area contributed by atoms with Crippen LogP contribution in [0.2, 0.25) is 0 Å². The fourth-order valence-corrected chi connectivity index (χ4v) is 3.27. The van der Waals surface area contributed by atoms with Gasteiger partial charge in [0.2, 0.25) is 0 Å². The molecule has 0 spiro atoms. The molecular weight excluding hydrogens is 254 g/mol. The predicted octanol–water partition coefficient (Wildman–Crippen LogP) is 3.85. The summed E-state index contributed by atoms with van der Waals surface area (Å²) in [4.78, 5) is 0. The van der Waals surface area contributed by atoms with Crippen LogP contribution in [0.15, 0.2) is 35.5 Å². The molecule has 2 aromatic rings. The van der Waals surface area contributed by atoms with Gasteiger partial charge in [0.25, 0.3) is 5.03 Å². The van der Waals surface area contributed by atoms with Crippen molar-refractivity contribution in [1.29, 1.82) is 0 Å². The van der Waals surface area contributed by atoms with Crippen molar-refractivity contribution in [2.75, 3.05) is 0 Å². The van der Waals surface area contributed by atoms with Crippen LogP contribution >= 0.6 is 11.8 Å². The molecule has 3 heteroatoms. The first-order valence-electron chi connectivity index (χ1n) is 6.38. The van der Waals surface area contributed by atoms with Crippen LogP contribution in [0.4, 0.5) is 0 Å². The van der Waals surface area contributed by atoms with Crippen molar-refractivity contribution in [2.45, 2.75) is 38.5 Å². The Morgan fingerprint density at radius 2 is 1.68 bits per heavy atom. The zero-order valence-electron chi connectivity index (χ0n) is 11.9. The molecule has 0 aliphatic carbocycles. The minimum atomic E-state index is 0.750. The topological polar surface area (TPSA) is 26.9 Å². The molecule has 0 saturated carbocycles. The molecule has 1 aromatic heterocycles. The Bertz CT molecular complexity index is 582. The lowest BCUT2D eigenvalue weighted by atomic mass is 9.95. The fraction of sp³-hybridized carbons (Fsp3) is 0.312. The zero-order valence-corrected chi connectivity index (χ0v) is 12.7. The quantitative estimate of drug-likeness (QED) is 0.482. The standard InChI is InChI=1S/C16H19NOS/c1-11-9-12(2)14(4)15(13(11)3)10-19-16-7-5-6-8-17(16)18/h5-9H,10H2,1-4H3. The highest BCUT2D eigenvalue weighted by molar-refractivity contribution is 7.98. The van der Waals surface area contributed by atoms with Crippen LogP contribution in [-0.2, 0) is 5.75 Å². The first-order chi connectivity index (χ1) is 9.00. The number of hydrogen-bond acceptors (Lipinski definition) is 2. The summed E-state index contributed by atoms with van der Waals surface area (Å²) >= 11 is 1.60. The first kappa shape index (κ1) is 13.9. The Morgan fingerprint density at radius 3 is 2.26 bits per heavy atom. The third kappa shape index (κ3) is 2.92. The molecule has 2 rings (SSSR count). The highest BCUT2D eigenvalue weighted by Crippen LogP contribution is 2.27. The molecule has 0 unspecified atom stereocenters. The summed E-state index contributed by atoms with van der Waals surface area (Å²) in [6, 6.07) is 7.75. The molecule has 1 heterocycles. The van der Waals surface area contributed by atoms with E-state index in [4.69, 9.17) is 0 Å². The molecule has 0 amide bonds. The minimum Gasteiger partial charge on any atom is -0.618 e. The van der Waals surface area contributed by atoms with Gasteiger partial charge in [-0.2, -0.15) is 4.73 Å². The van der Waals surface area contributed by atoms with Gasteiger partial charge in [-0.3, -0.25) is 0 Å². The van der Waals surface area contributed by atoms with E-state index >= 15 is 0 Å². The molecule has 0 atom stereocenters. The largest absolute Gasteiger partial charge is 0.618 e. The van der Waals surface area contributed by atoms with Crippen LogP contribution in [-0.4, -0.2) is 0 Å². The van der Waals surface area contributed by atoms with E-state index in [2.05, 4.69) is 33.8 Å². The highest BCUT2D eigenvalue weighted by Gasteiger charge is 2.11. The predicted molar refractivity (Wildman–Crippen MR) is 80.4 cm³/mol. The number of aryl methyl sites for hydroxylation is 2. The van der Waals surface area contributed by atoms with Crippen molar-refractivity contribution in [3.63, 3.8) is 0 Å². The van der Waals surface area contributed by atoms with Crippen LogP contribution in [0.3, 0.4) is 0 Å². The molecule has 0 fully saturated rings. The lowest BCUT2D eigenvalue weighted by Crippen LogP contribution is -2.27. The van der Waals surface area contributed by atoms with E-state index < -0.39 is 0 Å². The molecule has 0 bridgehead atoms. The summed E-state index contributed by atoms with van der Waals surface area (Å²) in [6.45, 7) is 8.61. The Balaban J connectivity index is 2.28. The van der Waals surface area contributed by atoms with Crippen LogP contribution in [0.5, 0.6) is 0 Å². The van der Waals surface area contributed by atoms with Crippen LogP contribution in [0, 0.1) is 32.9 Å². The number of pyridine rings is 1. The van der Waals surface area contributed by atoms with Crippen molar-refractivity contribution in [3.8, 4) is 0 Å². The number of nitrogens with zero attached hydrogens (tertiary/aromatic N) is 1. The molecule has 0 radical (unpaired) electrons. The van der Waals surface area contributed by atoms with Crippen LogP contribution in [0.1, 0.15) is 27.8 Å². The molecule has 1 aromatic carbocycles. The monoisotopic (exact) mass is 273 g/mol. The molecule has 2 nitrogen and oxygen atoms in total. The van der Waals surface area contributed by atoms with Crippen LogP contribution in [0.25, 0.3) is 0 Å². The van der Waals surface area contributed by atoms with Crippen LogP contribution < -0.4 is 4.73 Å². The molecule has 19 heavy (non-hydrogen) atoms. The summed E-state index contributed by atoms with van der Waals surface area (Å²) in [5, 5.41) is 12.4. The highest BCUT2D eigenvalue weighted by atomic mass is 32.2. The Morgan fingerprint density at radius 1 is 1.05 bits per heavy atom. The fourth-order valence-electron chi connectivity index (χ4n) is 2.19. The molecular formula is C16H19NOS. The number of hydrogen-bond donors (Lipinski definition) is 0. The van der Waals surface area contributed by atoms with Gasteiger partial charge in [-0.15, -0.1) is 0 Å². The lowest BCUT2D eigenvalue weighted by molar-refractivity contribution is -0.645. The summed E-state index contributed by atoms with van der Waals surface area (Å²) in [7, 11) is 0. The summed E-state index contributed by atoms with van der Waals surface area (Å²) in [5.74, 6) is 0.840. The van der Waals surface area contributed by atoms with Gasteiger partial charge in [-0.1, -0.05) is 17.8 Å². The molecule has 100 valence electrons. The molecule has 0 aliphatic rings. The Hall–Kier alpha value is -1.48. The van der Waals surface area contributed by atoms with E-state index in [0.29, 0.717) is 0 Å². The van der Waals surface area contributed by atoms with Crippen molar-refractivity contribution < 1.29 is 4.73 Å². The number of aromatic nitrogens is 1. The van der Waals surface area contributed by atoms with Gasteiger partial charge >= 0.3 is 0 Å². The number of rotatable bonds is 3. The molecule has 0 aliphatic heterocycles. The molecule has 0 N–H and O–H groups in total. The van der Waals surface area contributed by atoms with Gasteiger partial charge < -0.3 is 5.21 Å². The van der Waals surface area contributed by atoms with Gasteiger partial charge in [0.15, 0.2) is 6.20 Å². The average molecular weight is 273 g/mol. The third-order valence-electron chi connectivity index (χ3n) is 3.67. The van der Waals surface area contributed by atoms with Crippen molar-refractivity contribution in [1.82, 2.24) is 0 Å². The second kappa shape index (κ2) is 5.66. The second-order valence-corrected chi connectivity index (χ2v) is 5.89. The van der Waals surface area contributed by atoms with Gasteiger partial charge in [-0.25, -0.2) is 0 Å². The Labute approximate surface area is 119 Å². The maximum absolute atomic E-state index is 11.6. The summed E-state index contributed by atoms with van der Waals surface area (Å²) in [6.07, 6.45) is 1.55. The maximum atomic E-state index is 11.6. The normalized spacial score (nSPS) is 10.7. The lowest BCUT2D eigenvalue weighted by Gasteiger charge is -2.14. The molecule has 0 saturated heterocycles. The van der Waals surface area contributed by atoms with E-state index in [1.54, 1.807) is 24.0 Å². The van der Waals surface area contributed by atoms with E-state index in [1.807, 2.05) is 12.1 Å². The SMILES string of the molecule is Cc1cc(C)c(C)c(CSc2cccc[n+]2[O-])c1C. The summed E-state index contributed by atoms with van der Waals surface area (Å²) < 4.78 is 0.929. The third-order valence-corrected chi connectivity index (χ3v) is 4.72. The van der Waals surface area contributed by atoms with Gasteiger partial charge in [0, 0.05) is 17.9 Å². The van der Waals surface area contributed by atoms with Crippen molar-refractivity contribution in [3.05, 3.63) is 63.5 Å². The van der Waals surface area contributed by atoms with Crippen molar-refractivity contribution in [2.24, 2.45) is 0 Å². The van der Waals surface area contributed by atoms with E-state index in [1.165, 1.54) is 27.8 Å². The Kier molecular flexibility index (Phi) is 4.15. The van der Waals surface area contributed by atoms with Gasteiger partial charge in [0.1, 0.15) is 0 Å². The van der Waals surface area contributed by atoms with E-state index in [0.717, 1.165) is 15.5 Å².